The Morgan fingerprint density at radius 2 is 1.88 bits per heavy atom. The van der Waals surface area contributed by atoms with Crippen molar-refractivity contribution >= 4 is 63.2 Å². The van der Waals surface area contributed by atoms with Crippen LogP contribution in [0.3, 0.4) is 0 Å². The molecule has 0 saturated heterocycles. The Bertz CT molecular complexity index is 898. The van der Waals surface area contributed by atoms with Gasteiger partial charge in [0.1, 0.15) is 0 Å². The Kier molecular flexibility index (Phi) is 6.61. The van der Waals surface area contributed by atoms with Crippen LogP contribution in [0.1, 0.15) is 23.0 Å². The van der Waals surface area contributed by atoms with Crippen molar-refractivity contribution in [1.82, 2.24) is 4.98 Å². The summed E-state index contributed by atoms with van der Waals surface area (Å²) in [6.45, 7) is 4.11. The minimum Gasteiger partial charge on any atom is -0.462 e. The summed E-state index contributed by atoms with van der Waals surface area (Å²) in [5.74, 6) is -0.319. The Labute approximate surface area is 166 Å². The molecule has 0 radical (unpaired) electrons. The fraction of sp³-hybridized carbons (Fsp3) is 0.158. The molecule has 0 aliphatic carbocycles. The van der Waals surface area contributed by atoms with Gasteiger partial charge in [-0.1, -0.05) is 0 Å². The van der Waals surface area contributed by atoms with Gasteiger partial charge in [0, 0.05) is 26.0 Å². The van der Waals surface area contributed by atoms with Gasteiger partial charge in [0.2, 0.25) is 0 Å². The molecule has 4 nitrogen and oxygen atoms in total. The molecule has 3 aromatic rings. The van der Waals surface area contributed by atoms with Crippen LogP contribution in [-0.4, -0.2) is 17.6 Å². The number of nitrogens with zero attached hydrogens (tertiary/aromatic N) is 1. The summed E-state index contributed by atoms with van der Waals surface area (Å²) in [5.41, 5.74) is 4.20. The highest BCUT2D eigenvalue weighted by molar-refractivity contribution is 14.1. The molecule has 0 saturated carbocycles. The maximum Gasteiger partial charge on any atom is 0.338 e. The van der Waals surface area contributed by atoms with E-state index in [-0.39, 0.29) is 18.4 Å². The van der Waals surface area contributed by atoms with Gasteiger partial charge in [0.25, 0.3) is 0 Å². The summed E-state index contributed by atoms with van der Waals surface area (Å²) in [6.07, 6.45) is 0. The first kappa shape index (κ1) is 19.5. The summed E-state index contributed by atoms with van der Waals surface area (Å²) in [6, 6.07) is 15.6. The standard InChI is InChI=1S/C19H17IN2O2.ClH/c1-3-24-19(23)13-4-9-17-16(11-13)18(10-12(2)21-17)22-15-7-5-14(20)6-8-15;/h4-11H,3H2,1-2H3,(H,21,22);1H. The van der Waals surface area contributed by atoms with Crippen molar-refractivity contribution in [2.45, 2.75) is 13.8 Å². The Balaban J connectivity index is 0.00000225. The molecule has 25 heavy (non-hydrogen) atoms. The quantitative estimate of drug-likeness (QED) is 0.406. The first-order valence-corrected chi connectivity index (χ1v) is 8.76. The lowest BCUT2D eigenvalue weighted by Crippen LogP contribution is -2.05. The fourth-order valence-electron chi connectivity index (χ4n) is 2.49. The number of halogens is 2. The van der Waals surface area contributed by atoms with Crippen molar-refractivity contribution in [3.8, 4) is 0 Å². The van der Waals surface area contributed by atoms with Gasteiger partial charge >= 0.3 is 5.97 Å². The normalized spacial score (nSPS) is 10.2. The highest BCUT2D eigenvalue weighted by Crippen LogP contribution is 2.28. The van der Waals surface area contributed by atoms with Crippen LogP contribution in [0.4, 0.5) is 11.4 Å². The van der Waals surface area contributed by atoms with E-state index in [4.69, 9.17) is 4.74 Å². The molecule has 0 aliphatic rings. The van der Waals surface area contributed by atoms with Crippen molar-refractivity contribution in [3.63, 3.8) is 0 Å². The molecule has 1 aromatic heterocycles. The predicted octanol–water partition coefficient (Wildman–Crippen LogP) is 5.49. The molecular weight excluding hydrogens is 451 g/mol. The number of benzene rings is 2. The third-order valence-electron chi connectivity index (χ3n) is 3.57. The number of nitrogens with one attached hydrogen (secondary N) is 1. The third kappa shape index (κ3) is 4.61. The van der Waals surface area contributed by atoms with Crippen LogP contribution < -0.4 is 5.32 Å². The van der Waals surface area contributed by atoms with Crippen LogP contribution in [0.15, 0.2) is 48.5 Å². The average Bonchev–Trinajstić information content (AvgIpc) is 2.56. The smallest absolute Gasteiger partial charge is 0.338 e. The third-order valence-corrected chi connectivity index (χ3v) is 4.29. The number of esters is 1. The second-order valence-electron chi connectivity index (χ2n) is 5.40. The van der Waals surface area contributed by atoms with E-state index < -0.39 is 0 Å². The number of fused-ring (bicyclic) bond motifs is 1. The van der Waals surface area contributed by atoms with Gasteiger partial charge in [-0.3, -0.25) is 4.98 Å². The van der Waals surface area contributed by atoms with E-state index in [1.807, 2.05) is 49.4 Å². The number of anilines is 2. The Hall–Kier alpha value is -1.86. The number of hydrogen-bond acceptors (Lipinski definition) is 4. The highest BCUT2D eigenvalue weighted by Gasteiger charge is 2.11. The van der Waals surface area contributed by atoms with Gasteiger partial charge in [-0.05, 0) is 85.0 Å². The van der Waals surface area contributed by atoms with Crippen molar-refractivity contribution in [3.05, 3.63) is 63.4 Å². The van der Waals surface area contributed by atoms with E-state index in [2.05, 4.69) is 32.9 Å². The van der Waals surface area contributed by atoms with Crippen molar-refractivity contribution < 1.29 is 9.53 Å². The summed E-state index contributed by atoms with van der Waals surface area (Å²) in [4.78, 5) is 16.5. The van der Waals surface area contributed by atoms with Crippen LogP contribution in [-0.2, 0) is 4.74 Å². The topological polar surface area (TPSA) is 51.2 Å². The summed E-state index contributed by atoms with van der Waals surface area (Å²) in [7, 11) is 0. The molecule has 1 heterocycles. The minimum atomic E-state index is -0.319. The zero-order valence-electron chi connectivity index (χ0n) is 13.9. The number of ether oxygens (including phenoxy) is 1. The number of carbonyl (C=O) groups excluding carboxylic acids is 1. The van der Waals surface area contributed by atoms with E-state index in [0.717, 1.165) is 28.0 Å². The monoisotopic (exact) mass is 468 g/mol. The molecule has 0 bridgehead atoms. The predicted molar refractivity (Wildman–Crippen MR) is 112 cm³/mol. The summed E-state index contributed by atoms with van der Waals surface area (Å²) < 4.78 is 6.27. The Morgan fingerprint density at radius 3 is 2.56 bits per heavy atom. The van der Waals surface area contributed by atoms with Gasteiger partial charge in [-0.15, -0.1) is 12.4 Å². The molecule has 0 fully saturated rings. The molecule has 130 valence electrons. The van der Waals surface area contributed by atoms with Gasteiger partial charge in [-0.25, -0.2) is 4.79 Å². The zero-order chi connectivity index (χ0) is 17.1. The van der Waals surface area contributed by atoms with E-state index in [9.17, 15) is 4.79 Å². The summed E-state index contributed by atoms with van der Waals surface area (Å²) in [5, 5.41) is 4.31. The second kappa shape index (κ2) is 8.49. The Morgan fingerprint density at radius 1 is 1.16 bits per heavy atom. The number of carbonyl (C=O) groups is 1. The zero-order valence-corrected chi connectivity index (χ0v) is 16.8. The van der Waals surface area contributed by atoms with E-state index >= 15 is 0 Å². The summed E-state index contributed by atoms with van der Waals surface area (Å²) >= 11 is 2.28. The van der Waals surface area contributed by atoms with Gasteiger partial charge in [0.15, 0.2) is 0 Å². The maximum absolute atomic E-state index is 12.0. The van der Waals surface area contributed by atoms with Crippen LogP contribution in [0, 0.1) is 10.5 Å². The maximum atomic E-state index is 12.0. The lowest BCUT2D eigenvalue weighted by molar-refractivity contribution is 0.0526. The molecular formula is C19H18ClIN2O2. The number of pyridine rings is 1. The molecule has 0 spiro atoms. The largest absolute Gasteiger partial charge is 0.462 e. The van der Waals surface area contributed by atoms with Crippen LogP contribution >= 0.6 is 35.0 Å². The van der Waals surface area contributed by atoms with E-state index in [1.54, 1.807) is 13.0 Å². The number of aryl methyl sites for hydroxylation is 1. The van der Waals surface area contributed by atoms with E-state index in [0.29, 0.717) is 12.2 Å². The molecule has 1 N–H and O–H groups in total. The second-order valence-corrected chi connectivity index (χ2v) is 6.64. The van der Waals surface area contributed by atoms with Crippen LogP contribution in [0.25, 0.3) is 10.9 Å². The number of aromatic nitrogens is 1. The minimum absolute atomic E-state index is 0. The molecule has 3 rings (SSSR count). The fourth-order valence-corrected chi connectivity index (χ4v) is 2.85. The molecule has 6 heteroatoms. The average molecular weight is 469 g/mol. The van der Waals surface area contributed by atoms with Crippen molar-refractivity contribution in [1.29, 1.82) is 0 Å². The first-order chi connectivity index (χ1) is 11.6. The lowest BCUT2D eigenvalue weighted by Gasteiger charge is -2.12. The number of hydrogen-bond donors (Lipinski definition) is 1. The van der Waals surface area contributed by atoms with Crippen molar-refractivity contribution in [2.24, 2.45) is 0 Å². The first-order valence-electron chi connectivity index (χ1n) is 7.68. The van der Waals surface area contributed by atoms with Crippen molar-refractivity contribution in [2.75, 3.05) is 11.9 Å². The van der Waals surface area contributed by atoms with Gasteiger partial charge in [-0.2, -0.15) is 0 Å². The highest BCUT2D eigenvalue weighted by atomic mass is 127. The molecule has 0 amide bonds. The number of rotatable bonds is 4. The van der Waals surface area contributed by atoms with Gasteiger partial charge in [0.05, 0.1) is 17.7 Å². The van der Waals surface area contributed by atoms with E-state index in [1.165, 1.54) is 3.57 Å². The molecule has 0 unspecified atom stereocenters. The molecule has 0 atom stereocenters. The molecule has 0 aliphatic heterocycles. The lowest BCUT2D eigenvalue weighted by atomic mass is 10.1. The SMILES string of the molecule is CCOC(=O)c1ccc2nc(C)cc(Nc3ccc(I)cc3)c2c1.Cl. The molecule has 2 aromatic carbocycles. The van der Waals surface area contributed by atoms with Crippen LogP contribution in [0.2, 0.25) is 0 Å². The van der Waals surface area contributed by atoms with Gasteiger partial charge < -0.3 is 10.1 Å². The van der Waals surface area contributed by atoms with Crippen LogP contribution in [0.5, 0.6) is 0 Å².